The number of terminal acetylenes is 1. The summed E-state index contributed by atoms with van der Waals surface area (Å²) >= 11 is 1.69. The van der Waals surface area contributed by atoms with Gasteiger partial charge in [-0.25, -0.2) is 0 Å². The molecular formula is C10H10S. The Morgan fingerprint density at radius 3 is 2.55 bits per heavy atom. The lowest BCUT2D eigenvalue weighted by Gasteiger charge is -1.96. The van der Waals surface area contributed by atoms with Crippen molar-refractivity contribution in [3.05, 3.63) is 29.8 Å². The quantitative estimate of drug-likeness (QED) is 0.476. The molecule has 0 atom stereocenters. The molecule has 0 aliphatic heterocycles. The van der Waals surface area contributed by atoms with Gasteiger partial charge in [0.2, 0.25) is 0 Å². The van der Waals surface area contributed by atoms with Crippen LogP contribution in [-0.4, -0.2) is 5.75 Å². The molecule has 0 aliphatic carbocycles. The van der Waals surface area contributed by atoms with Crippen molar-refractivity contribution in [2.75, 3.05) is 5.75 Å². The van der Waals surface area contributed by atoms with Crippen LogP contribution in [0, 0.1) is 19.3 Å². The SMILES string of the molecule is C#CCSc1ccc(C)cc1. The molecule has 1 aromatic carbocycles. The van der Waals surface area contributed by atoms with Crippen LogP contribution in [0.25, 0.3) is 0 Å². The zero-order valence-corrected chi connectivity index (χ0v) is 7.32. The second kappa shape index (κ2) is 4.10. The number of hydrogen-bond acceptors (Lipinski definition) is 1. The van der Waals surface area contributed by atoms with Crippen LogP contribution in [-0.2, 0) is 0 Å². The van der Waals surface area contributed by atoms with Crippen LogP contribution >= 0.6 is 11.8 Å². The van der Waals surface area contributed by atoms with E-state index in [9.17, 15) is 0 Å². The Morgan fingerprint density at radius 2 is 2.00 bits per heavy atom. The van der Waals surface area contributed by atoms with Crippen LogP contribution in [0.5, 0.6) is 0 Å². The first-order chi connectivity index (χ1) is 5.33. The van der Waals surface area contributed by atoms with E-state index in [2.05, 4.69) is 37.1 Å². The second-order valence-corrected chi connectivity index (χ2v) is 3.35. The molecule has 0 nitrogen and oxygen atoms in total. The predicted molar refractivity (Wildman–Crippen MR) is 50.7 cm³/mol. The summed E-state index contributed by atoms with van der Waals surface area (Å²) in [5, 5.41) is 0. The summed E-state index contributed by atoms with van der Waals surface area (Å²) in [6, 6.07) is 8.38. The minimum Gasteiger partial charge on any atom is -0.119 e. The van der Waals surface area contributed by atoms with Crippen LogP contribution in [0.4, 0.5) is 0 Å². The molecule has 0 N–H and O–H groups in total. The zero-order chi connectivity index (χ0) is 8.10. The Kier molecular flexibility index (Phi) is 3.07. The lowest BCUT2D eigenvalue weighted by molar-refractivity contribution is 1.38. The molecule has 0 heterocycles. The monoisotopic (exact) mass is 162 g/mol. The van der Waals surface area contributed by atoms with Crippen molar-refractivity contribution in [3.63, 3.8) is 0 Å². The third kappa shape index (κ3) is 2.69. The standard InChI is InChI=1S/C10H10S/c1-3-8-11-10-6-4-9(2)5-7-10/h1,4-7H,8H2,2H3. The lowest BCUT2D eigenvalue weighted by Crippen LogP contribution is -1.74. The number of aryl methyl sites for hydroxylation is 1. The van der Waals surface area contributed by atoms with E-state index >= 15 is 0 Å². The summed E-state index contributed by atoms with van der Waals surface area (Å²) in [6.07, 6.45) is 5.14. The van der Waals surface area contributed by atoms with Gasteiger partial charge in [-0.1, -0.05) is 23.6 Å². The highest BCUT2D eigenvalue weighted by molar-refractivity contribution is 7.99. The van der Waals surface area contributed by atoms with E-state index in [1.54, 1.807) is 11.8 Å². The third-order valence-electron chi connectivity index (χ3n) is 1.34. The summed E-state index contributed by atoms with van der Waals surface area (Å²) < 4.78 is 0. The molecule has 1 rings (SSSR count). The molecule has 0 saturated carbocycles. The molecule has 11 heavy (non-hydrogen) atoms. The summed E-state index contributed by atoms with van der Waals surface area (Å²) in [5.41, 5.74) is 1.29. The van der Waals surface area contributed by atoms with Gasteiger partial charge in [0, 0.05) is 4.90 Å². The molecular weight excluding hydrogens is 152 g/mol. The van der Waals surface area contributed by atoms with Crippen LogP contribution in [0.15, 0.2) is 29.2 Å². The highest BCUT2D eigenvalue weighted by Crippen LogP contribution is 2.16. The molecule has 0 saturated heterocycles. The number of rotatable bonds is 2. The highest BCUT2D eigenvalue weighted by atomic mass is 32.2. The van der Waals surface area contributed by atoms with Gasteiger partial charge in [0.05, 0.1) is 5.75 Å². The van der Waals surface area contributed by atoms with Gasteiger partial charge < -0.3 is 0 Å². The van der Waals surface area contributed by atoms with E-state index in [1.165, 1.54) is 10.5 Å². The van der Waals surface area contributed by atoms with E-state index < -0.39 is 0 Å². The molecule has 0 aromatic heterocycles. The second-order valence-electron chi connectivity index (χ2n) is 2.31. The van der Waals surface area contributed by atoms with Crippen LogP contribution in [0.1, 0.15) is 5.56 Å². The van der Waals surface area contributed by atoms with Crippen molar-refractivity contribution in [2.45, 2.75) is 11.8 Å². The van der Waals surface area contributed by atoms with Gasteiger partial charge >= 0.3 is 0 Å². The fraction of sp³-hybridized carbons (Fsp3) is 0.200. The lowest BCUT2D eigenvalue weighted by atomic mass is 10.2. The number of thioether (sulfide) groups is 1. The first-order valence-corrected chi connectivity index (χ1v) is 4.44. The maximum Gasteiger partial charge on any atom is 0.0592 e. The van der Waals surface area contributed by atoms with E-state index in [-0.39, 0.29) is 0 Å². The van der Waals surface area contributed by atoms with Crippen LogP contribution in [0.3, 0.4) is 0 Å². The van der Waals surface area contributed by atoms with Crippen molar-refractivity contribution in [3.8, 4) is 12.3 Å². The molecule has 56 valence electrons. The highest BCUT2D eigenvalue weighted by Gasteiger charge is 1.89. The minimum atomic E-state index is 0.753. The Bertz CT molecular complexity index is 253. The number of hydrogen-bond donors (Lipinski definition) is 0. The van der Waals surface area contributed by atoms with E-state index in [0.717, 1.165) is 5.75 Å². The number of benzene rings is 1. The molecule has 0 bridgehead atoms. The average Bonchev–Trinajstić information content (AvgIpc) is 2.04. The summed E-state index contributed by atoms with van der Waals surface area (Å²) in [6.45, 7) is 2.08. The van der Waals surface area contributed by atoms with Gasteiger partial charge in [-0.05, 0) is 19.1 Å². The Morgan fingerprint density at radius 1 is 1.36 bits per heavy atom. The van der Waals surface area contributed by atoms with Gasteiger partial charge in [0.25, 0.3) is 0 Å². The van der Waals surface area contributed by atoms with Crippen molar-refractivity contribution in [1.82, 2.24) is 0 Å². The maximum atomic E-state index is 5.14. The maximum absolute atomic E-state index is 5.14. The Balaban J connectivity index is 2.60. The van der Waals surface area contributed by atoms with Gasteiger partial charge in [-0.2, -0.15) is 0 Å². The normalized spacial score (nSPS) is 9.09. The van der Waals surface area contributed by atoms with E-state index in [1.807, 2.05) is 0 Å². The first-order valence-electron chi connectivity index (χ1n) is 3.46. The summed E-state index contributed by atoms with van der Waals surface area (Å²) in [4.78, 5) is 1.24. The summed E-state index contributed by atoms with van der Waals surface area (Å²) in [7, 11) is 0. The topological polar surface area (TPSA) is 0 Å². The average molecular weight is 162 g/mol. The van der Waals surface area contributed by atoms with Crippen LogP contribution < -0.4 is 0 Å². The van der Waals surface area contributed by atoms with Gasteiger partial charge in [0.15, 0.2) is 0 Å². The van der Waals surface area contributed by atoms with Crippen molar-refractivity contribution in [2.24, 2.45) is 0 Å². The van der Waals surface area contributed by atoms with Gasteiger partial charge in [-0.3, -0.25) is 0 Å². The molecule has 1 aromatic rings. The fourth-order valence-corrected chi connectivity index (χ4v) is 1.34. The predicted octanol–water partition coefficient (Wildman–Crippen LogP) is 2.72. The molecule has 1 heteroatoms. The van der Waals surface area contributed by atoms with Gasteiger partial charge in [-0.15, -0.1) is 18.2 Å². The molecule has 0 spiro atoms. The zero-order valence-electron chi connectivity index (χ0n) is 6.50. The van der Waals surface area contributed by atoms with E-state index in [0.29, 0.717) is 0 Å². The van der Waals surface area contributed by atoms with E-state index in [4.69, 9.17) is 6.42 Å². The Hall–Kier alpha value is -0.870. The smallest absolute Gasteiger partial charge is 0.0592 e. The van der Waals surface area contributed by atoms with Crippen molar-refractivity contribution < 1.29 is 0 Å². The third-order valence-corrected chi connectivity index (χ3v) is 2.26. The summed E-state index contributed by atoms with van der Waals surface area (Å²) in [5.74, 6) is 3.35. The van der Waals surface area contributed by atoms with Crippen molar-refractivity contribution >= 4 is 11.8 Å². The van der Waals surface area contributed by atoms with Crippen molar-refractivity contribution in [1.29, 1.82) is 0 Å². The molecule has 0 fully saturated rings. The molecule has 0 radical (unpaired) electrons. The first kappa shape index (κ1) is 8.23. The largest absolute Gasteiger partial charge is 0.119 e. The fourth-order valence-electron chi connectivity index (χ4n) is 0.759. The molecule has 0 amide bonds. The molecule has 0 unspecified atom stereocenters. The van der Waals surface area contributed by atoms with Crippen LogP contribution in [0.2, 0.25) is 0 Å². The van der Waals surface area contributed by atoms with Gasteiger partial charge in [0.1, 0.15) is 0 Å². The minimum absolute atomic E-state index is 0.753. The molecule has 0 aliphatic rings. The Labute approximate surface area is 72.0 Å².